The fraction of sp³-hybridized carbons (Fsp3) is 0.324. The summed E-state index contributed by atoms with van der Waals surface area (Å²) in [4.78, 5) is 37.4. The van der Waals surface area contributed by atoms with E-state index in [-0.39, 0.29) is 53.4 Å². The number of aliphatic carboxylic acids is 1. The van der Waals surface area contributed by atoms with Gasteiger partial charge in [0.15, 0.2) is 5.78 Å². The molecule has 1 aliphatic carbocycles. The van der Waals surface area contributed by atoms with Crippen LogP contribution in [-0.2, 0) is 11.2 Å². The van der Waals surface area contributed by atoms with Crippen LogP contribution in [0.25, 0.3) is 16.6 Å². The summed E-state index contributed by atoms with van der Waals surface area (Å²) in [6.45, 7) is 4.55. The second kappa shape index (κ2) is 14.3. The number of carbonyl (C=O) groups is 3. The highest BCUT2D eigenvalue weighted by molar-refractivity contribution is 6.04. The molecule has 1 aliphatic rings. The molecule has 0 saturated heterocycles. The lowest BCUT2D eigenvalue weighted by Gasteiger charge is -2.19. The van der Waals surface area contributed by atoms with Crippen molar-refractivity contribution in [1.29, 1.82) is 0 Å². The van der Waals surface area contributed by atoms with Crippen molar-refractivity contribution in [2.24, 2.45) is 11.8 Å². The lowest BCUT2D eigenvalue weighted by molar-refractivity contribution is -0.274. The number of benzene rings is 2. The number of alkyl halides is 6. The number of aromatic nitrogens is 1. The van der Waals surface area contributed by atoms with Gasteiger partial charge < -0.3 is 19.7 Å². The molecule has 3 aromatic rings. The van der Waals surface area contributed by atoms with Crippen molar-refractivity contribution in [2.45, 2.75) is 51.6 Å². The van der Waals surface area contributed by atoms with Crippen molar-refractivity contribution in [3.8, 4) is 5.75 Å². The second-order valence-electron chi connectivity index (χ2n) is 11.3. The van der Waals surface area contributed by atoms with E-state index in [9.17, 15) is 40.7 Å². The number of amides is 1. The molecule has 1 fully saturated rings. The lowest BCUT2D eigenvalue weighted by atomic mass is 9.88. The van der Waals surface area contributed by atoms with Gasteiger partial charge in [-0.05, 0) is 79.8 Å². The highest BCUT2D eigenvalue weighted by Gasteiger charge is 2.34. The third kappa shape index (κ3) is 9.60. The molecule has 1 amide bonds. The minimum Gasteiger partial charge on any atom is -0.481 e. The van der Waals surface area contributed by atoms with Crippen LogP contribution < -0.4 is 10.1 Å². The number of hydrogen-bond acceptors (Lipinski definition) is 4. The average molecular weight is 663 g/mol. The van der Waals surface area contributed by atoms with E-state index in [1.165, 1.54) is 22.8 Å². The molecule has 7 nitrogen and oxygen atoms in total. The second-order valence-corrected chi connectivity index (χ2v) is 11.3. The summed E-state index contributed by atoms with van der Waals surface area (Å²) in [5, 5.41) is 11.5. The van der Waals surface area contributed by atoms with Crippen LogP contribution in [0.3, 0.4) is 0 Å². The average Bonchev–Trinajstić information content (AvgIpc) is 3.73. The largest absolute Gasteiger partial charge is 0.573 e. The van der Waals surface area contributed by atoms with Crippen LogP contribution in [0.2, 0.25) is 0 Å². The van der Waals surface area contributed by atoms with E-state index in [0.717, 1.165) is 49.6 Å². The number of halogens is 6. The third-order valence-electron chi connectivity index (χ3n) is 7.69. The van der Waals surface area contributed by atoms with Crippen LogP contribution in [0.15, 0.2) is 78.9 Å². The summed E-state index contributed by atoms with van der Waals surface area (Å²) >= 11 is 0. The van der Waals surface area contributed by atoms with E-state index < -0.39 is 41.7 Å². The lowest BCUT2D eigenvalue weighted by Crippen LogP contribution is -2.26. The summed E-state index contributed by atoms with van der Waals surface area (Å²) in [6.07, 6.45) is -3.99. The molecule has 47 heavy (non-hydrogen) atoms. The first-order valence-electron chi connectivity index (χ1n) is 14.7. The van der Waals surface area contributed by atoms with Crippen LogP contribution in [-0.4, -0.2) is 46.4 Å². The number of carboxylic acids is 1. The van der Waals surface area contributed by atoms with E-state index in [4.69, 9.17) is 5.11 Å². The number of nitrogens with zero attached hydrogens (tertiary/aromatic N) is 1. The van der Waals surface area contributed by atoms with Crippen molar-refractivity contribution in [3.05, 3.63) is 95.7 Å². The predicted octanol–water partition coefficient (Wildman–Crippen LogP) is 8.12. The Morgan fingerprint density at radius 1 is 1.04 bits per heavy atom. The zero-order valence-electron chi connectivity index (χ0n) is 25.3. The Morgan fingerprint density at radius 3 is 2.30 bits per heavy atom. The van der Waals surface area contributed by atoms with Gasteiger partial charge in [-0.25, -0.2) is 0 Å². The maximum absolute atomic E-state index is 14.3. The van der Waals surface area contributed by atoms with Crippen LogP contribution >= 0.6 is 0 Å². The molecular formula is C34H32F6N2O5. The zero-order chi connectivity index (χ0) is 34.5. The molecule has 1 saturated carbocycles. The molecule has 2 aromatic carbocycles. The molecule has 0 aliphatic heterocycles. The molecule has 2 N–H and O–H groups in total. The minimum atomic E-state index is -4.97. The van der Waals surface area contributed by atoms with Crippen molar-refractivity contribution in [2.75, 3.05) is 6.54 Å². The molecule has 1 heterocycles. The van der Waals surface area contributed by atoms with Crippen molar-refractivity contribution in [1.82, 2.24) is 9.88 Å². The van der Waals surface area contributed by atoms with Gasteiger partial charge in [0.05, 0.1) is 17.6 Å². The Hall–Kier alpha value is -4.81. The highest BCUT2D eigenvalue weighted by Crippen LogP contribution is 2.39. The number of fused-ring (bicyclic) bond motifs is 1. The van der Waals surface area contributed by atoms with E-state index in [1.54, 1.807) is 24.3 Å². The fourth-order valence-corrected chi connectivity index (χ4v) is 5.10. The molecule has 0 spiro atoms. The Balaban J connectivity index is 1.72. The van der Waals surface area contributed by atoms with Gasteiger partial charge in [0.25, 0.3) is 5.91 Å². The number of carbonyl (C=O) groups excluding carboxylic acids is 2. The van der Waals surface area contributed by atoms with Gasteiger partial charge in [0, 0.05) is 34.7 Å². The van der Waals surface area contributed by atoms with E-state index in [1.807, 2.05) is 0 Å². The fourth-order valence-electron chi connectivity index (χ4n) is 5.10. The van der Waals surface area contributed by atoms with Gasteiger partial charge in [0.2, 0.25) is 0 Å². The molecule has 1 atom stereocenters. The Kier molecular flexibility index (Phi) is 10.7. The van der Waals surface area contributed by atoms with Crippen LogP contribution in [0, 0.1) is 11.8 Å². The molecule has 1 unspecified atom stereocenters. The van der Waals surface area contributed by atoms with Gasteiger partial charge in [0.1, 0.15) is 5.75 Å². The van der Waals surface area contributed by atoms with E-state index in [0.29, 0.717) is 12.0 Å². The summed E-state index contributed by atoms with van der Waals surface area (Å²) in [6, 6.07) is 11.3. The van der Waals surface area contributed by atoms with Gasteiger partial charge in [-0.1, -0.05) is 37.6 Å². The van der Waals surface area contributed by atoms with Gasteiger partial charge >= 0.3 is 18.5 Å². The number of rotatable bonds is 14. The van der Waals surface area contributed by atoms with Gasteiger partial charge in [-0.15, -0.1) is 13.2 Å². The number of allylic oxidation sites excluding steroid dienone is 5. The molecule has 4 rings (SSSR count). The summed E-state index contributed by atoms with van der Waals surface area (Å²) in [5.74, 6) is -2.74. The number of ketones is 1. The van der Waals surface area contributed by atoms with Crippen LogP contribution in [0.5, 0.6) is 5.75 Å². The van der Waals surface area contributed by atoms with Crippen LogP contribution in [0.1, 0.15) is 59.0 Å². The Morgan fingerprint density at radius 2 is 1.72 bits per heavy atom. The highest BCUT2D eigenvalue weighted by atomic mass is 19.4. The number of Topliss-reactive ketones (excluding diaryl/α,β-unsaturated/α-hetero) is 1. The first-order valence-corrected chi connectivity index (χ1v) is 14.7. The quantitative estimate of drug-likeness (QED) is 0.103. The zero-order valence-corrected chi connectivity index (χ0v) is 25.3. The molecule has 0 bridgehead atoms. The van der Waals surface area contributed by atoms with Gasteiger partial charge in [-0.2, -0.15) is 13.2 Å². The summed E-state index contributed by atoms with van der Waals surface area (Å²) in [7, 11) is 0. The maximum atomic E-state index is 14.3. The molecule has 250 valence electrons. The Bertz CT molecular complexity index is 1710. The predicted molar refractivity (Wildman–Crippen MR) is 163 cm³/mol. The normalized spacial score (nSPS) is 15.0. The van der Waals surface area contributed by atoms with Crippen molar-refractivity contribution < 1.29 is 50.6 Å². The minimum absolute atomic E-state index is 0.0432. The monoisotopic (exact) mass is 662 g/mol. The molecular weight excluding hydrogens is 630 g/mol. The number of carboxylic acid groups (broad SMARTS) is 1. The standard InChI is InChI=1S/C34H32F6N2O5/c1-3-26(11-4-20(2)33(35,36)37)42-28-13-12-27(47-34(38,39)40)18-24(28)19-29(42)31(45)25(16-21-5-6-21)17-22-7-9-23(10-8-22)32(46)41-15-14-30(43)44/h3-4,7-13,18-19,21,25H,1,5-6,14-17H2,2H3,(H,41,46)(H,43,44)/b20-4+,26-11+. The molecule has 0 radical (unpaired) electrons. The van der Waals surface area contributed by atoms with Crippen LogP contribution in [0.4, 0.5) is 26.3 Å². The Labute approximate surface area is 266 Å². The SMILES string of the molecule is C=C/C(=C\C=C(/C)C(F)(F)F)n1c(C(=O)C(Cc2ccc(C(=O)NCCC(=O)O)cc2)CC2CC2)cc2cc(OC(F)(F)F)ccc21. The maximum Gasteiger partial charge on any atom is 0.573 e. The summed E-state index contributed by atoms with van der Waals surface area (Å²) in [5.41, 5.74) is 0.513. The number of ether oxygens (including phenoxy) is 1. The van der Waals surface area contributed by atoms with Crippen molar-refractivity contribution in [3.63, 3.8) is 0 Å². The first-order chi connectivity index (χ1) is 22.1. The smallest absolute Gasteiger partial charge is 0.481 e. The van der Waals surface area contributed by atoms with E-state index >= 15 is 0 Å². The topological polar surface area (TPSA) is 97.6 Å². The third-order valence-corrected chi connectivity index (χ3v) is 7.69. The molecule has 1 aromatic heterocycles. The van der Waals surface area contributed by atoms with E-state index in [2.05, 4.69) is 16.6 Å². The first kappa shape index (κ1) is 35.1. The molecule has 13 heteroatoms. The number of hydrogen-bond donors (Lipinski definition) is 2. The number of nitrogens with one attached hydrogen (secondary N) is 1. The summed E-state index contributed by atoms with van der Waals surface area (Å²) < 4.78 is 84.0. The van der Waals surface area contributed by atoms with Gasteiger partial charge in [-0.3, -0.25) is 14.4 Å². The van der Waals surface area contributed by atoms with Crippen molar-refractivity contribution >= 4 is 34.3 Å².